The zero-order valence-electron chi connectivity index (χ0n) is 17.2. The molecule has 0 atom stereocenters. The molecule has 31 heavy (non-hydrogen) atoms. The van der Waals surface area contributed by atoms with Crippen LogP contribution in [0.25, 0.3) is 22.2 Å². The molecule has 0 aliphatic carbocycles. The van der Waals surface area contributed by atoms with Gasteiger partial charge in [0.15, 0.2) is 0 Å². The van der Waals surface area contributed by atoms with Gasteiger partial charge in [-0.05, 0) is 30.9 Å². The molecule has 2 aromatic carbocycles. The number of aromatic nitrogens is 2. The Morgan fingerprint density at radius 1 is 1.13 bits per heavy atom. The molecule has 0 saturated heterocycles. The van der Waals surface area contributed by atoms with Gasteiger partial charge >= 0.3 is 0 Å². The summed E-state index contributed by atoms with van der Waals surface area (Å²) >= 11 is 3.01. The first kappa shape index (κ1) is 21.1. The van der Waals surface area contributed by atoms with Crippen molar-refractivity contribution in [2.75, 3.05) is 11.6 Å². The Bertz CT molecular complexity index is 1260. The molecule has 0 radical (unpaired) electrons. The van der Waals surface area contributed by atoms with Crippen molar-refractivity contribution in [3.63, 3.8) is 0 Å². The van der Waals surface area contributed by atoms with Crippen LogP contribution in [0.5, 0.6) is 0 Å². The molecule has 6 nitrogen and oxygen atoms in total. The first-order valence-corrected chi connectivity index (χ1v) is 11.9. The quantitative estimate of drug-likeness (QED) is 0.428. The number of carbonyl (C=O) groups is 2. The Morgan fingerprint density at radius 2 is 1.84 bits per heavy atom. The lowest BCUT2D eigenvalue weighted by molar-refractivity contribution is -0.116. The third kappa shape index (κ3) is 4.22. The molecular weight excluding hydrogens is 428 g/mol. The van der Waals surface area contributed by atoms with Crippen LogP contribution in [-0.4, -0.2) is 27.6 Å². The van der Waals surface area contributed by atoms with Crippen LogP contribution in [-0.2, 0) is 17.1 Å². The minimum Gasteiger partial charge on any atom is -0.365 e. The molecular formula is C23H22N4O2S2. The summed E-state index contributed by atoms with van der Waals surface area (Å²) in [6.07, 6.45) is 2.00. The number of primary amides is 1. The third-order valence-electron chi connectivity index (χ3n) is 4.95. The number of hydrogen-bond donors (Lipinski definition) is 2. The summed E-state index contributed by atoms with van der Waals surface area (Å²) in [4.78, 5) is 30.9. The van der Waals surface area contributed by atoms with E-state index in [0.29, 0.717) is 16.3 Å². The largest absolute Gasteiger partial charge is 0.365 e. The van der Waals surface area contributed by atoms with Gasteiger partial charge in [-0.2, -0.15) is 11.8 Å². The summed E-state index contributed by atoms with van der Waals surface area (Å²) in [5, 5.41) is 3.40. The standard InChI is InChI=1S/C23H22N4O2S2/c1-14-20(15-8-4-3-5-9-15)21(22(24)29)23(31-14)26-19(28)12-27-17-11-7-6-10-16(17)25-18(27)13-30-2/h3-11H,12-13H2,1-2H3,(H2,24,29)(H,26,28). The number of para-hydroxylation sites is 2. The average molecular weight is 451 g/mol. The van der Waals surface area contributed by atoms with Crippen molar-refractivity contribution in [1.29, 1.82) is 0 Å². The summed E-state index contributed by atoms with van der Waals surface area (Å²) in [7, 11) is 0. The average Bonchev–Trinajstić information content (AvgIpc) is 3.26. The van der Waals surface area contributed by atoms with E-state index in [-0.39, 0.29) is 12.5 Å². The number of thioether (sulfide) groups is 1. The van der Waals surface area contributed by atoms with Gasteiger partial charge in [0.2, 0.25) is 5.91 Å². The number of rotatable bonds is 7. The number of hydrogen-bond acceptors (Lipinski definition) is 5. The van der Waals surface area contributed by atoms with E-state index >= 15 is 0 Å². The van der Waals surface area contributed by atoms with E-state index in [2.05, 4.69) is 10.3 Å². The SMILES string of the molecule is CSCc1nc2ccccc2n1CC(=O)Nc1sc(C)c(-c2ccccc2)c1C(N)=O. The van der Waals surface area contributed by atoms with Crippen LogP contribution >= 0.6 is 23.1 Å². The smallest absolute Gasteiger partial charge is 0.252 e. The number of aryl methyl sites for hydroxylation is 1. The number of carbonyl (C=O) groups excluding carboxylic acids is 2. The van der Waals surface area contributed by atoms with Crippen LogP contribution in [0.4, 0.5) is 5.00 Å². The molecule has 0 aliphatic heterocycles. The molecule has 158 valence electrons. The van der Waals surface area contributed by atoms with E-state index in [0.717, 1.165) is 32.9 Å². The van der Waals surface area contributed by atoms with E-state index in [4.69, 9.17) is 5.73 Å². The van der Waals surface area contributed by atoms with Crippen LogP contribution in [0.1, 0.15) is 21.1 Å². The van der Waals surface area contributed by atoms with Crippen molar-refractivity contribution in [2.24, 2.45) is 5.73 Å². The second-order valence-corrected chi connectivity index (χ2v) is 9.14. The van der Waals surface area contributed by atoms with Crippen LogP contribution in [0.2, 0.25) is 0 Å². The van der Waals surface area contributed by atoms with Crippen molar-refractivity contribution >= 4 is 50.9 Å². The minimum absolute atomic E-state index is 0.103. The van der Waals surface area contributed by atoms with E-state index < -0.39 is 5.91 Å². The molecule has 2 aromatic heterocycles. The molecule has 2 amide bonds. The first-order valence-electron chi connectivity index (χ1n) is 9.71. The highest BCUT2D eigenvalue weighted by molar-refractivity contribution is 7.97. The second-order valence-electron chi connectivity index (χ2n) is 7.05. The van der Waals surface area contributed by atoms with Crippen molar-refractivity contribution in [3.05, 3.63) is 70.9 Å². The Labute approximate surface area is 188 Å². The van der Waals surface area contributed by atoms with Gasteiger partial charge in [-0.3, -0.25) is 9.59 Å². The number of amides is 2. The molecule has 3 N–H and O–H groups in total. The zero-order chi connectivity index (χ0) is 22.0. The summed E-state index contributed by atoms with van der Waals surface area (Å²) in [5.41, 5.74) is 9.49. The molecule has 0 spiro atoms. The van der Waals surface area contributed by atoms with Crippen molar-refractivity contribution < 1.29 is 9.59 Å². The number of nitrogens with two attached hydrogens (primary N) is 1. The number of imidazole rings is 1. The van der Waals surface area contributed by atoms with Crippen LogP contribution in [0.3, 0.4) is 0 Å². The highest BCUT2D eigenvalue weighted by Gasteiger charge is 2.23. The number of fused-ring (bicyclic) bond motifs is 1. The highest BCUT2D eigenvalue weighted by atomic mass is 32.2. The fraction of sp³-hybridized carbons (Fsp3) is 0.174. The number of benzene rings is 2. The van der Waals surface area contributed by atoms with Crippen LogP contribution < -0.4 is 11.1 Å². The Morgan fingerprint density at radius 3 is 2.55 bits per heavy atom. The number of anilines is 1. The van der Waals surface area contributed by atoms with Crippen molar-refractivity contribution in [2.45, 2.75) is 19.2 Å². The van der Waals surface area contributed by atoms with E-state index in [1.165, 1.54) is 11.3 Å². The summed E-state index contributed by atoms with van der Waals surface area (Å²) in [6, 6.07) is 17.4. The minimum atomic E-state index is -0.561. The molecule has 8 heteroatoms. The Kier molecular flexibility index (Phi) is 6.11. The fourth-order valence-corrected chi connectivity index (χ4v) is 5.25. The molecule has 2 heterocycles. The normalized spacial score (nSPS) is 11.0. The van der Waals surface area contributed by atoms with Gasteiger partial charge in [0.1, 0.15) is 17.4 Å². The zero-order valence-corrected chi connectivity index (χ0v) is 18.8. The lowest BCUT2D eigenvalue weighted by Crippen LogP contribution is -2.22. The van der Waals surface area contributed by atoms with Gasteiger partial charge in [0.05, 0.1) is 22.3 Å². The van der Waals surface area contributed by atoms with Gasteiger partial charge in [0.25, 0.3) is 5.91 Å². The monoisotopic (exact) mass is 450 g/mol. The van der Waals surface area contributed by atoms with Gasteiger partial charge in [0, 0.05) is 10.4 Å². The number of nitrogens with one attached hydrogen (secondary N) is 1. The summed E-state index contributed by atoms with van der Waals surface area (Å²) in [5.74, 6) is 0.750. The molecule has 0 aliphatic rings. The second kappa shape index (κ2) is 8.95. The Hall–Kier alpha value is -3.10. The number of nitrogens with zero attached hydrogens (tertiary/aromatic N) is 2. The highest BCUT2D eigenvalue weighted by Crippen LogP contribution is 2.39. The number of thiophene rings is 1. The first-order chi connectivity index (χ1) is 15.0. The van der Waals surface area contributed by atoms with Gasteiger partial charge < -0.3 is 15.6 Å². The van der Waals surface area contributed by atoms with Crippen molar-refractivity contribution in [3.8, 4) is 11.1 Å². The van der Waals surface area contributed by atoms with Crippen LogP contribution in [0.15, 0.2) is 54.6 Å². The van der Waals surface area contributed by atoms with Gasteiger partial charge in [-0.15, -0.1) is 11.3 Å². The lowest BCUT2D eigenvalue weighted by Gasteiger charge is -2.10. The third-order valence-corrected chi connectivity index (χ3v) is 6.52. The lowest BCUT2D eigenvalue weighted by atomic mass is 10.0. The predicted octanol–water partition coefficient (Wildman–Crippen LogP) is 4.67. The van der Waals surface area contributed by atoms with Gasteiger partial charge in [-0.25, -0.2) is 4.98 Å². The molecule has 4 rings (SSSR count). The molecule has 0 bridgehead atoms. The molecule has 0 fully saturated rings. The van der Waals surface area contributed by atoms with E-state index in [1.807, 2.05) is 72.3 Å². The summed E-state index contributed by atoms with van der Waals surface area (Å²) < 4.78 is 1.92. The fourth-order valence-electron chi connectivity index (χ4n) is 3.67. The molecule has 0 unspecified atom stereocenters. The maximum atomic E-state index is 13.0. The van der Waals surface area contributed by atoms with E-state index in [1.54, 1.807) is 11.8 Å². The van der Waals surface area contributed by atoms with Crippen LogP contribution in [0, 0.1) is 6.92 Å². The predicted molar refractivity (Wildman–Crippen MR) is 129 cm³/mol. The van der Waals surface area contributed by atoms with Crippen molar-refractivity contribution in [1.82, 2.24) is 9.55 Å². The van der Waals surface area contributed by atoms with E-state index in [9.17, 15) is 9.59 Å². The maximum Gasteiger partial charge on any atom is 0.252 e. The maximum absolute atomic E-state index is 13.0. The topological polar surface area (TPSA) is 90.0 Å². The van der Waals surface area contributed by atoms with Gasteiger partial charge in [-0.1, -0.05) is 42.5 Å². The summed E-state index contributed by atoms with van der Waals surface area (Å²) in [6.45, 7) is 2.03. The molecule has 0 saturated carbocycles. The molecule has 4 aromatic rings. The Balaban J connectivity index is 1.67.